The second-order valence-corrected chi connectivity index (χ2v) is 9.99. The van der Waals surface area contributed by atoms with Crippen LogP contribution < -0.4 is 0 Å². The molecule has 0 spiro atoms. The van der Waals surface area contributed by atoms with Crippen molar-refractivity contribution in [2.45, 2.75) is 84.4 Å². The van der Waals surface area contributed by atoms with E-state index in [4.69, 9.17) is 0 Å². The molecule has 0 aliphatic heterocycles. The van der Waals surface area contributed by atoms with Gasteiger partial charge in [0.2, 0.25) is 0 Å². The fraction of sp³-hybridized carbons (Fsp3) is 0.905. The zero-order valence-electron chi connectivity index (χ0n) is 16.2. The highest BCUT2D eigenvalue weighted by Gasteiger charge is 2.61. The lowest BCUT2D eigenvalue weighted by molar-refractivity contribution is -0.182. The minimum Gasteiger partial charge on any atom is -0.396 e. The zero-order valence-corrected chi connectivity index (χ0v) is 16.2. The Morgan fingerprint density at radius 1 is 1.12 bits per heavy atom. The van der Waals surface area contributed by atoms with Crippen LogP contribution in [0.1, 0.15) is 72.1 Å². The third-order valence-corrected chi connectivity index (χ3v) is 8.15. The van der Waals surface area contributed by atoms with Crippen LogP contribution in [0, 0.1) is 28.1 Å². The molecule has 3 aliphatic rings. The van der Waals surface area contributed by atoms with E-state index >= 15 is 0 Å². The van der Waals surface area contributed by atoms with Crippen molar-refractivity contribution in [2.75, 3.05) is 6.61 Å². The number of hydrogen-bond donors (Lipinski definition) is 2. The molecule has 5 unspecified atom stereocenters. The molecule has 2 fully saturated rings. The molecule has 150 valence electrons. The summed E-state index contributed by atoms with van der Waals surface area (Å²) in [7, 11) is 0. The second kappa shape index (κ2) is 6.51. The summed E-state index contributed by atoms with van der Waals surface area (Å²) < 4.78 is 38.8. The van der Waals surface area contributed by atoms with Gasteiger partial charge in [-0.1, -0.05) is 38.8 Å². The number of halogens is 3. The molecular formula is C21H33F3O2. The number of allylic oxidation sites excluding steroid dienone is 1. The predicted molar refractivity (Wildman–Crippen MR) is 95.5 cm³/mol. The van der Waals surface area contributed by atoms with Gasteiger partial charge in [-0.2, -0.15) is 13.2 Å². The van der Waals surface area contributed by atoms with Gasteiger partial charge in [0.1, 0.15) is 0 Å². The van der Waals surface area contributed by atoms with E-state index in [-0.39, 0.29) is 35.3 Å². The minimum absolute atomic E-state index is 0.0269. The van der Waals surface area contributed by atoms with Gasteiger partial charge in [0.15, 0.2) is 0 Å². The van der Waals surface area contributed by atoms with Gasteiger partial charge in [0.05, 0.1) is 19.1 Å². The highest BCUT2D eigenvalue weighted by Crippen LogP contribution is 2.66. The SMILES string of the molecule is CC1(C)CCCC2(C)C1CCC1(CO)C(O)CC(CC(F)(F)F)=CCC21. The van der Waals surface area contributed by atoms with E-state index in [1.165, 1.54) is 6.42 Å². The van der Waals surface area contributed by atoms with Crippen molar-refractivity contribution < 1.29 is 23.4 Å². The maximum atomic E-state index is 12.9. The molecule has 3 rings (SSSR count). The third kappa shape index (κ3) is 3.23. The number of alkyl halides is 3. The molecule has 0 radical (unpaired) electrons. The second-order valence-electron chi connectivity index (χ2n) is 9.99. The molecule has 0 bridgehead atoms. The van der Waals surface area contributed by atoms with Crippen LogP contribution in [0.4, 0.5) is 13.2 Å². The van der Waals surface area contributed by atoms with Crippen molar-refractivity contribution in [1.29, 1.82) is 0 Å². The van der Waals surface area contributed by atoms with Gasteiger partial charge in [0.25, 0.3) is 0 Å². The van der Waals surface area contributed by atoms with Gasteiger partial charge >= 0.3 is 6.18 Å². The summed E-state index contributed by atoms with van der Waals surface area (Å²) in [5.41, 5.74) is -0.247. The molecule has 2 saturated carbocycles. The summed E-state index contributed by atoms with van der Waals surface area (Å²) in [6.45, 7) is 6.73. The molecule has 2 N–H and O–H groups in total. The quantitative estimate of drug-likeness (QED) is 0.649. The van der Waals surface area contributed by atoms with E-state index < -0.39 is 24.1 Å². The number of aliphatic hydroxyl groups excluding tert-OH is 2. The Bertz CT molecular complexity index is 568. The maximum Gasteiger partial charge on any atom is 0.392 e. The van der Waals surface area contributed by atoms with Gasteiger partial charge in [-0.05, 0) is 61.2 Å². The lowest BCUT2D eigenvalue weighted by atomic mass is 9.42. The van der Waals surface area contributed by atoms with Gasteiger partial charge in [-0.3, -0.25) is 0 Å². The molecule has 0 heterocycles. The predicted octanol–water partition coefficient (Wildman–Crippen LogP) is 5.24. The van der Waals surface area contributed by atoms with Crippen LogP contribution in [-0.2, 0) is 0 Å². The van der Waals surface area contributed by atoms with Gasteiger partial charge in [-0.25, -0.2) is 0 Å². The van der Waals surface area contributed by atoms with Crippen LogP contribution in [0.15, 0.2) is 11.6 Å². The topological polar surface area (TPSA) is 40.5 Å². The first-order valence-corrected chi connectivity index (χ1v) is 9.98. The first-order valence-electron chi connectivity index (χ1n) is 9.98. The first-order chi connectivity index (χ1) is 11.9. The fourth-order valence-electron chi connectivity index (χ4n) is 6.97. The lowest BCUT2D eigenvalue weighted by Gasteiger charge is -2.63. The zero-order chi connectivity index (χ0) is 19.4. The Labute approximate surface area is 154 Å². The van der Waals surface area contributed by atoms with E-state index in [0.717, 1.165) is 19.3 Å². The number of hydrogen-bond acceptors (Lipinski definition) is 2. The number of fused-ring (bicyclic) bond motifs is 3. The third-order valence-electron chi connectivity index (χ3n) is 8.15. The van der Waals surface area contributed by atoms with E-state index in [2.05, 4.69) is 20.8 Å². The van der Waals surface area contributed by atoms with Crippen molar-refractivity contribution in [3.05, 3.63) is 11.6 Å². The van der Waals surface area contributed by atoms with Gasteiger partial charge in [-0.15, -0.1) is 0 Å². The average Bonchev–Trinajstić information content (AvgIpc) is 2.63. The van der Waals surface area contributed by atoms with Crippen LogP contribution in [0.3, 0.4) is 0 Å². The standard InChI is InChI=1S/C21H33F3O2/c1-18(2)8-4-9-19(3)15(18)7-10-20(13-25)16(19)6-5-14(11-17(20)26)12-21(22,23)24/h5,15-17,25-26H,4,6-13H2,1-3H3. The Hall–Kier alpha value is -0.550. The summed E-state index contributed by atoms with van der Waals surface area (Å²) in [5.74, 6) is 0.511. The Balaban J connectivity index is 1.99. The first kappa shape index (κ1) is 20.2. The maximum absolute atomic E-state index is 12.9. The summed E-state index contributed by atoms with van der Waals surface area (Å²) in [6, 6.07) is 0. The van der Waals surface area contributed by atoms with Crippen LogP contribution in [0.25, 0.3) is 0 Å². The molecule has 0 aromatic heterocycles. The average molecular weight is 374 g/mol. The molecule has 5 atom stereocenters. The highest BCUT2D eigenvalue weighted by molar-refractivity contribution is 5.18. The summed E-state index contributed by atoms with van der Waals surface area (Å²) in [4.78, 5) is 0. The fourth-order valence-corrected chi connectivity index (χ4v) is 6.97. The largest absolute Gasteiger partial charge is 0.396 e. The number of rotatable bonds is 2. The molecule has 0 amide bonds. The smallest absolute Gasteiger partial charge is 0.392 e. The molecule has 26 heavy (non-hydrogen) atoms. The van der Waals surface area contributed by atoms with Crippen molar-refractivity contribution in [1.82, 2.24) is 0 Å². The van der Waals surface area contributed by atoms with Gasteiger partial charge in [0, 0.05) is 5.41 Å². The minimum atomic E-state index is -4.26. The van der Waals surface area contributed by atoms with Crippen LogP contribution >= 0.6 is 0 Å². The molecule has 0 aromatic rings. The number of aliphatic hydroxyl groups is 2. The van der Waals surface area contributed by atoms with E-state index in [1.807, 2.05) is 0 Å². The Morgan fingerprint density at radius 3 is 2.42 bits per heavy atom. The van der Waals surface area contributed by atoms with Crippen LogP contribution in [0.2, 0.25) is 0 Å². The molecule has 0 saturated heterocycles. The van der Waals surface area contributed by atoms with Crippen molar-refractivity contribution in [3.8, 4) is 0 Å². The van der Waals surface area contributed by atoms with Crippen molar-refractivity contribution >= 4 is 0 Å². The summed E-state index contributed by atoms with van der Waals surface area (Å²) in [6.07, 6.45) is 1.12. The van der Waals surface area contributed by atoms with E-state index in [9.17, 15) is 23.4 Å². The van der Waals surface area contributed by atoms with Gasteiger partial charge < -0.3 is 10.2 Å². The molecule has 2 nitrogen and oxygen atoms in total. The summed E-state index contributed by atoms with van der Waals surface area (Å²) >= 11 is 0. The lowest BCUT2D eigenvalue weighted by Crippen LogP contribution is -2.59. The molecule has 0 aromatic carbocycles. The Kier molecular flexibility index (Phi) is 5.05. The van der Waals surface area contributed by atoms with Crippen LogP contribution in [-0.4, -0.2) is 29.1 Å². The van der Waals surface area contributed by atoms with E-state index in [0.29, 0.717) is 18.8 Å². The normalized spacial score (nSPS) is 43.1. The molecule has 3 aliphatic carbocycles. The van der Waals surface area contributed by atoms with Crippen molar-refractivity contribution in [3.63, 3.8) is 0 Å². The van der Waals surface area contributed by atoms with E-state index in [1.54, 1.807) is 6.08 Å². The van der Waals surface area contributed by atoms with Crippen molar-refractivity contribution in [2.24, 2.45) is 28.1 Å². The highest BCUT2D eigenvalue weighted by atomic mass is 19.4. The monoisotopic (exact) mass is 374 g/mol. The summed E-state index contributed by atoms with van der Waals surface area (Å²) in [5, 5.41) is 21.3. The molecule has 5 heteroatoms. The van der Waals surface area contributed by atoms with Crippen LogP contribution in [0.5, 0.6) is 0 Å². The molecular weight excluding hydrogens is 341 g/mol. The Morgan fingerprint density at radius 2 is 1.81 bits per heavy atom.